The number of aliphatic carboxylic acids is 1. The summed E-state index contributed by atoms with van der Waals surface area (Å²) in [5.74, 6) is -4.16. The first kappa shape index (κ1) is 14.4. The van der Waals surface area contributed by atoms with Crippen molar-refractivity contribution in [2.45, 2.75) is 12.2 Å². The van der Waals surface area contributed by atoms with Crippen LogP contribution in [-0.2, 0) is 4.79 Å². The highest BCUT2D eigenvalue weighted by Crippen LogP contribution is 2.19. The first-order valence-corrected chi connectivity index (χ1v) is 4.68. The molecular formula is C10H8F5NO2. The Bertz CT molecular complexity index is 446. The van der Waals surface area contributed by atoms with Gasteiger partial charge in [-0.3, -0.25) is 10.1 Å². The Morgan fingerprint density at radius 1 is 1.28 bits per heavy atom. The number of nitrogens with one attached hydrogen (secondary N) is 1. The number of benzene rings is 1. The second-order valence-corrected chi connectivity index (χ2v) is 3.44. The molecule has 1 unspecified atom stereocenters. The highest BCUT2D eigenvalue weighted by molar-refractivity contribution is 5.75. The molecule has 0 aliphatic heterocycles. The van der Waals surface area contributed by atoms with E-state index in [4.69, 9.17) is 5.11 Å². The highest BCUT2D eigenvalue weighted by atomic mass is 19.4. The maximum atomic E-state index is 12.9. The standard InChI is InChI=1S/C10H8F5NO2/c11-6-2-1-5(3-7(6)12)8(9(17)18)16-4-10(13,14)15/h1-3,8,16H,4H2,(H,17,18). The molecule has 0 bridgehead atoms. The summed E-state index contributed by atoms with van der Waals surface area (Å²) in [7, 11) is 0. The summed E-state index contributed by atoms with van der Waals surface area (Å²) in [6, 6.07) is 0.329. The van der Waals surface area contributed by atoms with Crippen molar-refractivity contribution in [3.8, 4) is 0 Å². The molecule has 0 radical (unpaired) electrons. The van der Waals surface area contributed by atoms with Crippen molar-refractivity contribution < 1.29 is 31.9 Å². The molecule has 8 heteroatoms. The van der Waals surface area contributed by atoms with E-state index in [1.54, 1.807) is 5.32 Å². The van der Waals surface area contributed by atoms with Gasteiger partial charge in [-0.05, 0) is 17.7 Å². The van der Waals surface area contributed by atoms with Crippen LogP contribution in [0.1, 0.15) is 11.6 Å². The lowest BCUT2D eigenvalue weighted by molar-refractivity contribution is -0.143. The van der Waals surface area contributed by atoms with Crippen LogP contribution in [-0.4, -0.2) is 23.8 Å². The monoisotopic (exact) mass is 269 g/mol. The summed E-state index contributed by atoms with van der Waals surface area (Å²) in [6.45, 7) is -1.55. The van der Waals surface area contributed by atoms with Crippen LogP contribution in [0.4, 0.5) is 22.0 Å². The topological polar surface area (TPSA) is 49.3 Å². The van der Waals surface area contributed by atoms with Gasteiger partial charge >= 0.3 is 12.1 Å². The van der Waals surface area contributed by atoms with Gasteiger partial charge in [-0.1, -0.05) is 6.07 Å². The molecule has 1 aromatic carbocycles. The summed E-state index contributed by atoms with van der Waals surface area (Å²) in [6.07, 6.45) is -4.60. The lowest BCUT2D eigenvalue weighted by Crippen LogP contribution is -2.36. The lowest BCUT2D eigenvalue weighted by Gasteiger charge is -2.16. The molecule has 0 saturated heterocycles. The molecule has 1 atom stereocenters. The van der Waals surface area contributed by atoms with Gasteiger partial charge in [0.1, 0.15) is 6.04 Å². The Balaban J connectivity index is 2.91. The number of halogens is 5. The van der Waals surface area contributed by atoms with E-state index in [0.29, 0.717) is 12.1 Å². The zero-order valence-electron chi connectivity index (χ0n) is 8.76. The summed E-state index contributed by atoms with van der Waals surface area (Å²) < 4.78 is 61.3. The number of hydrogen-bond acceptors (Lipinski definition) is 2. The van der Waals surface area contributed by atoms with E-state index in [2.05, 4.69) is 0 Å². The average molecular weight is 269 g/mol. The first-order chi connectivity index (χ1) is 8.20. The summed E-state index contributed by atoms with van der Waals surface area (Å²) in [5.41, 5.74) is -0.300. The zero-order valence-corrected chi connectivity index (χ0v) is 8.76. The van der Waals surface area contributed by atoms with Gasteiger partial charge in [-0.2, -0.15) is 13.2 Å². The van der Waals surface area contributed by atoms with Crippen molar-refractivity contribution in [2.75, 3.05) is 6.54 Å². The predicted octanol–water partition coefficient (Wildman–Crippen LogP) is 2.24. The average Bonchev–Trinajstić information content (AvgIpc) is 2.21. The van der Waals surface area contributed by atoms with Crippen LogP contribution < -0.4 is 5.32 Å². The zero-order chi connectivity index (χ0) is 13.9. The SMILES string of the molecule is O=C(O)C(NCC(F)(F)F)c1ccc(F)c(F)c1. The van der Waals surface area contributed by atoms with Crippen LogP contribution in [0.5, 0.6) is 0 Å². The second kappa shape index (κ2) is 5.30. The molecule has 3 nitrogen and oxygen atoms in total. The Labute approximate surface area is 98.2 Å². The van der Waals surface area contributed by atoms with Gasteiger partial charge in [-0.25, -0.2) is 8.78 Å². The number of rotatable bonds is 4. The fourth-order valence-corrected chi connectivity index (χ4v) is 1.26. The molecule has 0 fully saturated rings. The molecule has 1 rings (SSSR count). The molecule has 0 spiro atoms. The van der Waals surface area contributed by atoms with Crippen LogP contribution in [0, 0.1) is 11.6 Å². The van der Waals surface area contributed by atoms with E-state index in [0.717, 1.165) is 6.07 Å². The first-order valence-electron chi connectivity index (χ1n) is 4.68. The van der Waals surface area contributed by atoms with Crippen molar-refractivity contribution in [3.63, 3.8) is 0 Å². The minimum absolute atomic E-state index is 0.300. The Hall–Kier alpha value is -1.70. The maximum absolute atomic E-state index is 12.9. The molecular weight excluding hydrogens is 261 g/mol. The Morgan fingerprint density at radius 2 is 1.89 bits per heavy atom. The number of carboxylic acid groups (broad SMARTS) is 1. The minimum Gasteiger partial charge on any atom is -0.480 e. The van der Waals surface area contributed by atoms with Crippen molar-refractivity contribution >= 4 is 5.97 Å². The smallest absolute Gasteiger partial charge is 0.401 e. The van der Waals surface area contributed by atoms with Gasteiger partial charge in [0.05, 0.1) is 6.54 Å². The Morgan fingerprint density at radius 3 is 2.33 bits per heavy atom. The third-order valence-corrected chi connectivity index (χ3v) is 2.03. The fraction of sp³-hybridized carbons (Fsp3) is 0.300. The summed E-state index contributed by atoms with van der Waals surface area (Å²) in [4.78, 5) is 10.8. The van der Waals surface area contributed by atoms with Crippen molar-refractivity contribution in [1.82, 2.24) is 5.32 Å². The van der Waals surface area contributed by atoms with Gasteiger partial charge in [0.2, 0.25) is 0 Å². The van der Waals surface area contributed by atoms with E-state index in [-0.39, 0.29) is 5.56 Å². The molecule has 2 N–H and O–H groups in total. The third kappa shape index (κ3) is 3.95. The molecule has 1 aromatic rings. The van der Waals surface area contributed by atoms with Crippen molar-refractivity contribution in [3.05, 3.63) is 35.4 Å². The largest absolute Gasteiger partial charge is 0.480 e. The lowest BCUT2D eigenvalue weighted by atomic mass is 10.1. The summed E-state index contributed by atoms with van der Waals surface area (Å²) in [5, 5.41) is 10.4. The molecule has 0 aliphatic carbocycles. The van der Waals surface area contributed by atoms with E-state index in [1.807, 2.05) is 0 Å². The molecule has 0 aliphatic rings. The Kier molecular flexibility index (Phi) is 4.23. The molecule has 100 valence electrons. The molecule has 18 heavy (non-hydrogen) atoms. The van der Waals surface area contributed by atoms with Gasteiger partial charge in [0.25, 0.3) is 0 Å². The quantitative estimate of drug-likeness (QED) is 0.824. The predicted molar refractivity (Wildman–Crippen MR) is 50.8 cm³/mol. The van der Waals surface area contributed by atoms with Crippen LogP contribution >= 0.6 is 0 Å². The van der Waals surface area contributed by atoms with E-state index >= 15 is 0 Å². The molecule has 0 amide bonds. The van der Waals surface area contributed by atoms with E-state index < -0.39 is 36.4 Å². The van der Waals surface area contributed by atoms with Gasteiger partial charge in [-0.15, -0.1) is 0 Å². The van der Waals surface area contributed by atoms with Gasteiger partial charge < -0.3 is 5.11 Å². The van der Waals surface area contributed by atoms with Gasteiger partial charge in [0.15, 0.2) is 11.6 Å². The van der Waals surface area contributed by atoms with Crippen molar-refractivity contribution in [1.29, 1.82) is 0 Å². The van der Waals surface area contributed by atoms with Crippen LogP contribution in [0.15, 0.2) is 18.2 Å². The number of carbonyl (C=O) groups is 1. The normalized spacial score (nSPS) is 13.4. The van der Waals surface area contributed by atoms with Crippen molar-refractivity contribution in [2.24, 2.45) is 0 Å². The van der Waals surface area contributed by atoms with Crippen LogP contribution in [0.25, 0.3) is 0 Å². The second-order valence-electron chi connectivity index (χ2n) is 3.44. The maximum Gasteiger partial charge on any atom is 0.401 e. The third-order valence-electron chi connectivity index (χ3n) is 2.03. The van der Waals surface area contributed by atoms with Crippen LogP contribution in [0.3, 0.4) is 0 Å². The highest BCUT2D eigenvalue weighted by Gasteiger charge is 2.30. The van der Waals surface area contributed by atoms with Crippen LogP contribution in [0.2, 0.25) is 0 Å². The van der Waals surface area contributed by atoms with E-state index in [9.17, 15) is 26.7 Å². The fourth-order valence-electron chi connectivity index (χ4n) is 1.26. The molecule has 0 aromatic heterocycles. The minimum atomic E-state index is -4.60. The number of alkyl halides is 3. The summed E-state index contributed by atoms with van der Waals surface area (Å²) >= 11 is 0. The number of carboxylic acids is 1. The molecule has 0 saturated carbocycles. The van der Waals surface area contributed by atoms with E-state index in [1.165, 1.54) is 0 Å². The number of hydrogen-bond donors (Lipinski definition) is 2. The molecule has 0 heterocycles. The van der Waals surface area contributed by atoms with Gasteiger partial charge in [0, 0.05) is 0 Å².